The first-order chi connectivity index (χ1) is 15.2. The first-order valence-corrected chi connectivity index (χ1v) is 11.2. The zero-order chi connectivity index (χ0) is 23.0. The van der Waals surface area contributed by atoms with Crippen molar-refractivity contribution in [3.63, 3.8) is 0 Å². The van der Waals surface area contributed by atoms with E-state index >= 15 is 0 Å². The maximum absolute atomic E-state index is 13.9. The van der Waals surface area contributed by atoms with Crippen LogP contribution in [0.2, 0.25) is 0 Å². The molecule has 0 aliphatic carbocycles. The van der Waals surface area contributed by atoms with Crippen LogP contribution in [-0.2, 0) is 11.3 Å². The number of ether oxygens (including phenoxy) is 1. The summed E-state index contributed by atoms with van der Waals surface area (Å²) in [4.78, 5) is 17.2. The number of phenols is 1. The Morgan fingerprint density at radius 2 is 2.03 bits per heavy atom. The monoisotopic (exact) mass is 438 g/mol. The number of nitrogens with zero attached hydrogens (tertiary/aromatic N) is 2. The van der Waals surface area contributed by atoms with E-state index in [0.29, 0.717) is 17.0 Å². The molecule has 1 saturated heterocycles. The van der Waals surface area contributed by atoms with Gasteiger partial charge in [-0.05, 0) is 76.4 Å². The van der Waals surface area contributed by atoms with Crippen molar-refractivity contribution in [3.05, 3.63) is 65.5 Å². The summed E-state index contributed by atoms with van der Waals surface area (Å²) in [6, 6.07) is 12.0. The Kier molecular flexibility index (Phi) is 5.99. The summed E-state index contributed by atoms with van der Waals surface area (Å²) in [5.74, 6) is 0.247. The number of rotatable bonds is 5. The predicted octanol–water partition coefficient (Wildman–Crippen LogP) is 5.03. The highest BCUT2D eigenvalue weighted by molar-refractivity contribution is 6.09. The topological polar surface area (TPSA) is 53.0 Å². The zero-order valence-electron chi connectivity index (χ0n) is 19.1. The van der Waals surface area contributed by atoms with E-state index in [4.69, 9.17) is 4.74 Å². The fourth-order valence-electron chi connectivity index (χ4n) is 5.01. The van der Waals surface area contributed by atoms with Gasteiger partial charge in [-0.2, -0.15) is 0 Å². The van der Waals surface area contributed by atoms with Crippen molar-refractivity contribution in [2.75, 3.05) is 11.4 Å². The molecule has 2 atom stereocenters. The van der Waals surface area contributed by atoms with Gasteiger partial charge in [-0.3, -0.25) is 14.6 Å². The Balaban J connectivity index is 1.54. The Hall–Kier alpha value is -2.86. The lowest BCUT2D eigenvalue weighted by atomic mass is 9.82. The molecule has 1 spiro atoms. The first-order valence-electron chi connectivity index (χ1n) is 11.2. The quantitative estimate of drug-likeness (QED) is 0.711. The van der Waals surface area contributed by atoms with E-state index in [2.05, 4.69) is 17.9 Å². The average molecular weight is 439 g/mol. The molecule has 2 aliphatic rings. The van der Waals surface area contributed by atoms with Gasteiger partial charge in [-0.1, -0.05) is 18.2 Å². The van der Waals surface area contributed by atoms with Crippen LogP contribution in [0.25, 0.3) is 0 Å². The van der Waals surface area contributed by atoms with Gasteiger partial charge in [0, 0.05) is 30.4 Å². The zero-order valence-corrected chi connectivity index (χ0v) is 19.1. The largest absolute Gasteiger partial charge is 0.504 e. The summed E-state index contributed by atoms with van der Waals surface area (Å²) in [7, 11) is 0. The van der Waals surface area contributed by atoms with Gasteiger partial charge in [-0.25, -0.2) is 4.39 Å². The Labute approximate surface area is 189 Å². The molecule has 1 amide bonds. The standard InChI is InChI=1S/C26H31FN2O3/c1-17(2)32-24-12-20(8-9-23(24)30)16-28-11-10-26(15-19(28)4)14-18(3)25(31)29(26)22-7-5-6-21(27)13-22/h5-9,12-14,17,19,30H,10-11,15-16H2,1-4H3/t19-,26-/m0/s1. The van der Waals surface area contributed by atoms with E-state index in [-0.39, 0.29) is 29.6 Å². The summed E-state index contributed by atoms with van der Waals surface area (Å²) in [5.41, 5.74) is 1.95. The van der Waals surface area contributed by atoms with E-state index in [0.717, 1.165) is 31.5 Å². The van der Waals surface area contributed by atoms with Crippen LogP contribution < -0.4 is 9.64 Å². The SMILES string of the molecule is CC1=C[C@]2(CCN(Cc3ccc(O)c(OC(C)C)c3)[C@@H](C)C2)N(c2cccc(F)c2)C1=O. The van der Waals surface area contributed by atoms with Crippen molar-refractivity contribution < 1.29 is 19.0 Å². The van der Waals surface area contributed by atoms with Crippen molar-refractivity contribution in [1.29, 1.82) is 0 Å². The molecule has 6 heteroatoms. The Morgan fingerprint density at radius 3 is 2.72 bits per heavy atom. The van der Waals surface area contributed by atoms with Gasteiger partial charge < -0.3 is 9.84 Å². The molecule has 0 saturated carbocycles. The van der Waals surface area contributed by atoms with Gasteiger partial charge in [0.25, 0.3) is 5.91 Å². The highest BCUT2D eigenvalue weighted by Gasteiger charge is 2.48. The minimum Gasteiger partial charge on any atom is -0.504 e. The molecule has 0 radical (unpaired) electrons. The summed E-state index contributed by atoms with van der Waals surface area (Å²) in [6.45, 7) is 9.39. The van der Waals surface area contributed by atoms with Gasteiger partial charge in [0.2, 0.25) is 0 Å². The summed E-state index contributed by atoms with van der Waals surface area (Å²) in [6.07, 6.45) is 3.59. The molecule has 2 aromatic carbocycles. The van der Waals surface area contributed by atoms with Crippen LogP contribution in [-0.4, -0.2) is 40.1 Å². The van der Waals surface area contributed by atoms with Crippen LogP contribution in [0.15, 0.2) is 54.1 Å². The second-order valence-corrected chi connectivity index (χ2v) is 9.29. The fraction of sp³-hybridized carbons (Fsp3) is 0.423. The second kappa shape index (κ2) is 8.58. The molecule has 4 rings (SSSR count). The minimum atomic E-state index is -0.439. The van der Waals surface area contributed by atoms with E-state index in [1.807, 2.05) is 32.9 Å². The number of benzene rings is 2. The average Bonchev–Trinajstić information content (AvgIpc) is 2.95. The van der Waals surface area contributed by atoms with Crippen molar-refractivity contribution in [2.45, 2.75) is 64.8 Å². The van der Waals surface area contributed by atoms with E-state index < -0.39 is 5.54 Å². The molecule has 2 aromatic rings. The molecule has 0 aromatic heterocycles. The van der Waals surface area contributed by atoms with Crippen LogP contribution in [0.4, 0.5) is 10.1 Å². The van der Waals surface area contributed by atoms with Crippen molar-refractivity contribution in [1.82, 2.24) is 4.90 Å². The number of carbonyl (C=O) groups excluding carboxylic acids is 1. The van der Waals surface area contributed by atoms with Gasteiger partial charge in [0.05, 0.1) is 11.6 Å². The molecule has 1 N–H and O–H groups in total. The molecule has 2 heterocycles. The third kappa shape index (κ3) is 4.24. The van der Waals surface area contributed by atoms with Gasteiger partial charge >= 0.3 is 0 Å². The molecular formula is C26H31FN2O3. The molecule has 0 bridgehead atoms. The number of amides is 1. The van der Waals surface area contributed by atoms with Crippen molar-refractivity contribution in [2.24, 2.45) is 0 Å². The van der Waals surface area contributed by atoms with E-state index in [9.17, 15) is 14.3 Å². The van der Waals surface area contributed by atoms with Crippen LogP contribution in [0.1, 0.15) is 46.1 Å². The Bertz CT molecular complexity index is 1050. The molecule has 5 nitrogen and oxygen atoms in total. The first kappa shape index (κ1) is 22.3. The van der Waals surface area contributed by atoms with Crippen LogP contribution in [0.5, 0.6) is 11.5 Å². The number of hydrogen-bond donors (Lipinski definition) is 1. The molecule has 170 valence electrons. The Morgan fingerprint density at radius 1 is 1.25 bits per heavy atom. The van der Waals surface area contributed by atoms with E-state index in [1.54, 1.807) is 23.1 Å². The summed E-state index contributed by atoms with van der Waals surface area (Å²) >= 11 is 0. The number of carbonyl (C=O) groups is 1. The highest BCUT2D eigenvalue weighted by atomic mass is 19.1. The highest BCUT2D eigenvalue weighted by Crippen LogP contribution is 2.43. The predicted molar refractivity (Wildman–Crippen MR) is 123 cm³/mol. The van der Waals surface area contributed by atoms with Gasteiger partial charge in [0.1, 0.15) is 5.82 Å². The third-order valence-electron chi connectivity index (χ3n) is 6.41. The van der Waals surface area contributed by atoms with Crippen LogP contribution in [0, 0.1) is 5.82 Å². The van der Waals surface area contributed by atoms with Gasteiger partial charge in [0.15, 0.2) is 11.5 Å². The van der Waals surface area contributed by atoms with Crippen molar-refractivity contribution >= 4 is 11.6 Å². The summed E-state index contributed by atoms with van der Waals surface area (Å²) in [5, 5.41) is 10.1. The number of likely N-dealkylation sites (tertiary alicyclic amines) is 1. The lowest BCUT2D eigenvalue weighted by Gasteiger charge is -2.47. The normalized spacial score (nSPS) is 23.8. The molecule has 1 fully saturated rings. The third-order valence-corrected chi connectivity index (χ3v) is 6.41. The number of halogens is 1. The smallest absolute Gasteiger partial charge is 0.254 e. The molecule has 0 unspecified atom stereocenters. The van der Waals surface area contributed by atoms with Crippen LogP contribution >= 0.6 is 0 Å². The fourth-order valence-corrected chi connectivity index (χ4v) is 5.01. The van der Waals surface area contributed by atoms with E-state index in [1.165, 1.54) is 12.1 Å². The lowest BCUT2D eigenvalue weighted by molar-refractivity contribution is -0.115. The molecule has 32 heavy (non-hydrogen) atoms. The number of aromatic hydroxyl groups is 1. The molecule has 2 aliphatic heterocycles. The maximum atomic E-state index is 13.9. The van der Waals surface area contributed by atoms with Crippen LogP contribution in [0.3, 0.4) is 0 Å². The number of anilines is 1. The number of piperidine rings is 1. The minimum absolute atomic E-state index is 0.0198. The lowest BCUT2D eigenvalue weighted by Crippen LogP contribution is -2.56. The summed E-state index contributed by atoms with van der Waals surface area (Å²) < 4.78 is 19.7. The molecular weight excluding hydrogens is 407 g/mol. The maximum Gasteiger partial charge on any atom is 0.254 e. The van der Waals surface area contributed by atoms with Gasteiger partial charge in [-0.15, -0.1) is 0 Å². The van der Waals surface area contributed by atoms with Crippen molar-refractivity contribution in [3.8, 4) is 11.5 Å². The second-order valence-electron chi connectivity index (χ2n) is 9.29. The number of phenolic OH excluding ortho intramolecular Hbond substituents is 1. The number of hydrogen-bond acceptors (Lipinski definition) is 4.